The first-order valence-electron chi connectivity index (χ1n) is 7.22. The molecule has 0 bridgehead atoms. The molecule has 3 aromatic rings. The Balaban J connectivity index is 1.86. The third kappa shape index (κ3) is 2.20. The third-order valence-corrected chi connectivity index (χ3v) is 4.89. The van der Waals surface area contributed by atoms with E-state index in [0.29, 0.717) is 26.3 Å². The molecule has 1 saturated heterocycles. The van der Waals surface area contributed by atoms with Crippen LogP contribution in [0.25, 0.3) is 15.9 Å². The molecule has 4 heterocycles. The van der Waals surface area contributed by atoms with Crippen molar-refractivity contribution in [1.29, 1.82) is 0 Å². The van der Waals surface area contributed by atoms with Crippen LogP contribution in [0.2, 0.25) is 0 Å². The van der Waals surface area contributed by atoms with E-state index < -0.39 is 0 Å². The Morgan fingerprint density at radius 2 is 1.95 bits per heavy atom. The van der Waals surface area contributed by atoms with Crippen molar-refractivity contribution >= 4 is 27.5 Å². The highest BCUT2D eigenvalue weighted by Gasteiger charge is 2.25. The van der Waals surface area contributed by atoms with E-state index >= 15 is 0 Å². The largest absolute Gasteiger partial charge is 0.378 e. The second-order valence-electron chi connectivity index (χ2n) is 5.13. The predicted octanol–water partition coefficient (Wildman–Crippen LogP) is 2.56. The molecule has 1 amide bonds. The molecular weight excluding hydrogens is 298 g/mol. The SMILES string of the molecule is O=C(c1sc2ncccc2c1-n1cccc1)N1CCOCC1. The molecule has 112 valence electrons. The van der Waals surface area contributed by atoms with Gasteiger partial charge in [-0.05, 0) is 24.3 Å². The monoisotopic (exact) mass is 313 g/mol. The summed E-state index contributed by atoms with van der Waals surface area (Å²) in [6, 6.07) is 7.85. The topological polar surface area (TPSA) is 47.4 Å². The summed E-state index contributed by atoms with van der Waals surface area (Å²) in [4.78, 5) is 20.8. The highest BCUT2D eigenvalue weighted by molar-refractivity contribution is 7.21. The molecule has 0 saturated carbocycles. The molecule has 0 radical (unpaired) electrons. The van der Waals surface area contributed by atoms with Crippen molar-refractivity contribution in [3.05, 3.63) is 47.7 Å². The van der Waals surface area contributed by atoms with Crippen LogP contribution in [0.5, 0.6) is 0 Å². The Morgan fingerprint density at radius 3 is 2.73 bits per heavy atom. The number of aromatic nitrogens is 2. The Kier molecular flexibility index (Phi) is 3.40. The number of fused-ring (bicyclic) bond motifs is 1. The standard InChI is InChI=1S/C16H15N3O2S/c20-16(19-8-10-21-11-9-19)14-13(18-6-1-2-7-18)12-4-3-5-17-15(12)22-14/h1-7H,8-11H2. The molecule has 4 rings (SSSR count). The van der Waals surface area contributed by atoms with Crippen LogP contribution in [-0.2, 0) is 4.74 Å². The maximum absolute atomic E-state index is 12.9. The molecule has 0 aromatic carbocycles. The van der Waals surface area contributed by atoms with Crippen molar-refractivity contribution in [2.45, 2.75) is 0 Å². The molecule has 0 unspecified atom stereocenters. The van der Waals surface area contributed by atoms with Crippen LogP contribution < -0.4 is 0 Å². The summed E-state index contributed by atoms with van der Waals surface area (Å²) >= 11 is 1.46. The Hall–Kier alpha value is -2.18. The molecule has 0 atom stereocenters. The number of pyridine rings is 1. The molecule has 5 nitrogen and oxygen atoms in total. The van der Waals surface area contributed by atoms with Crippen LogP contribution in [0, 0.1) is 0 Å². The molecule has 1 aliphatic rings. The van der Waals surface area contributed by atoms with Gasteiger partial charge in [-0.15, -0.1) is 11.3 Å². The zero-order valence-corrected chi connectivity index (χ0v) is 12.8. The van der Waals surface area contributed by atoms with Gasteiger partial charge in [-0.1, -0.05) is 0 Å². The van der Waals surface area contributed by atoms with Crippen molar-refractivity contribution in [2.75, 3.05) is 26.3 Å². The minimum atomic E-state index is 0.0648. The van der Waals surface area contributed by atoms with Gasteiger partial charge in [-0.3, -0.25) is 4.79 Å². The lowest BCUT2D eigenvalue weighted by Crippen LogP contribution is -2.40. The smallest absolute Gasteiger partial charge is 0.266 e. The molecule has 6 heteroatoms. The first-order chi connectivity index (χ1) is 10.8. The van der Waals surface area contributed by atoms with Gasteiger partial charge >= 0.3 is 0 Å². The number of thiophene rings is 1. The maximum atomic E-state index is 12.9. The minimum Gasteiger partial charge on any atom is -0.378 e. The van der Waals surface area contributed by atoms with E-state index in [2.05, 4.69) is 4.98 Å². The highest BCUT2D eigenvalue weighted by Crippen LogP contribution is 2.34. The number of nitrogens with zero attached hydrogens (tertiary/aromatic N) is 3. The van der Waals surface area contributed by atoms with Crippen LogP contribution in [0.1, 0.15) is 9.67 Å². The average Bonchev–Trinajstić information content (AvgIpc) is 3.21. The van der Waals surface area contributed by atoms with Gasteiger partial charge in [0, 0.05) is 37.1 Å². The fraction of sp³-hybridized carbons (Fsp3) is 0.250. The lowest BCUT2D eigenvalue weighted by molar-refractivity contribution is 0.0306. The van der Waals surface area contributed by atoms with Crippen molar-refractivity contribution in [3.63, 3.8) is 0 Å². The van der Waals surface area contributed by atoms with Gasteiger partial charge in [0.25, 0.3) is 5.91 Å². The van der Waals surface area contributed by atoms with Crippen LogP contribution in [0.3, 0.4) is 0 Å². The first kappa shape index (κ1) is 13.5. The highest BCUT2D eigenvalue weighted by atomic mass is 32.1. The van der Waals surface area contributed by atoms with E-state index in [1.54, 1.807) is 6.20 Å². The summed E-state index contributed by atoms with van der Waals surface area (Å²) in [5.41, 5.74) is 0.926. The number of hydrogen-bond acceptors (Lipinski definition) is 4. The van der Waals surface area contributed by atoms with E-state index in [1.165, 1.54) is 11.3 Å². The van der Waals surface area contributed by atoms with Crippen molar-refractivity contribution in [1.82, 2.24) is 14.5 Å². The number of ether oxygens (including phenoxy) is 1. The zero-order chi connectivity index (χ0) is 14.9. The summed E-state index contributed by atoms with van der Waals surface area (Å²) in [6.45, 7) is 2.50. The zero-order valence-electron chi connectivity index (χ0n) is 11.9. The number of morpholine rings is 1. The Labute approximate surface area is 131 Å². The molecule has 0 aliphatic carbocycles. The lowest BCUT2D eigenvalue weighted by atomic mass is 10.2. The quantitative estimate of drug-likeness (QED) is 0.730. The Bertz CT molecular complexity index is 804. The molecule has 0 N–H and O–H groups in total. The lowest BCUT2D eigenvalue weighted by Gasteiger charge is -2.26. The second kappa shape index (κ2) is 5.55. The molecule has 1 aliphatic heterocycles. The summed E-state index contributed by atoms with van der Waals surface area (Å²) in [5, 5.41) is 1.01. The number of hydrogen-bond donors (Lipinski definition) is 0. The van der Waals surface area contributed by atoms with Crippen molar-refractivity contribution in [3.8, 4) is 5.69 Å². The normalized spacial score (nSPS) is 15.4. The average molecular weight is 313 g/mol. The molecule has 1 fully saturated rings. The number of rotatable bonds is 2. The summed E-state index contributed by atoms with van der Waals surface area (Å²) in [5.74, 6) is 0.0648. The molecule has 3 aromatic heterocycles. The van der Waals surface area contributed by atoms with Gasteiger partial charge in [-0.25, -0.2) is 4.98 Å². The number of carbonyl (C=O) groups excluding carboxylic acids is 1. The molecule has 0 spiro atoms. The number of carbonyl (C=O) groups is 1. The summed E-state index contributed by atoms with van der Waals surface area (Å²) in [6.07, 6.45) is 5.69. The molecule has 22 heavy (non-hydrogen) atoms. The number of amides is 1. The minimum absolute atomic E-state index is 0.0648. The molecular formula is C16H15N3O2S. The van der Waals surface area contributed by atoms with Gasteiger partial charge in [0.1, 0.15) is 9.71 Å². The van der Waals surface area contributed by atoms with Crippen molar-refractivity contribution < 1.29 is 9.53 Å². The first-order valence-corrected chi connectivity index (χ1v) is 8.04. The fourth-order valence-corrected chi connectivity index (χ4v) is 3.82. The van der Waals surface area contributed by atoms with Gasteiger partial charge in [0.05, 0.1) is 18.9 Å². The van der Waals surface area contributed by atoms with E-state index in [0.717, 1.165) is 20.8 Å². The van der Waals surface area contributed by atoms with Crippen molar-refractivity contribution in [2.24, 2.45) is 0 Å². The van der Waals surface area contributed by atoms with E-state index in [4.69, 9.17) is 4.74 Å². The summed E-state index contributed by atoms with van der Waals surface area (Å²) < 4.78 is 7.33. The second-order valence-corrected chi connectivity index (χ2v) is 6.13. The van der Waals surface area contributed by atoms with E-state index in [-0.39, 0.29) is 5.91 Å². The summed E-state index contributed by atoms with van der Waals surface area (Å²) in [7, 11) is 0. The van der Waals surface area contributed by atoms with Gasteiger partial charge in [0.15, 0.2) is 0 Å². The predicted molar refractivity (Wildman–Crippen MR) is 85.7 cm³/mol. The third-order valence-electron chi connectivity index (χ3n) is 3.80. The van der Waals surface area contributed by atoms with Gasteiger partial charge in [-0.2, -0.15) is 0 Å². The fourth-order valence-electron chi connectivity index (χ4n) is 2.71. The van der Waals surface area contributed by atoms with Crippen LogP contribution in [-0.4, -0.2) is 46.7 Å². The van der Waals surface area contributed by atoms with Crippen LogP contribution in [0.15, 0.2) is 42.9 Å². The maximum Gasteiger partial charge on any atom is 0.266 e. The van der Waals surface area contributed by atoms with Crippen LogP contribution in [0.4, 0.5) is 0 Å². The Morgan fingerprint density at radius 1 is 1.18 bits per heavy atom. The van der Waals surface area contributed by atoms with E-state index in [1.807, 2.05) is 46.1 Å². The van der Waals surface area contributed by atoms with Gasteiger partial charge in [0.2, 0.25) is 0 Å². The van der Waals surface area contributed by atoms with Gasteiger partial charge < -0.3 is 14.2 Å². The van der Waals surface area contributed by atoms with E-state index in [9.17, 15) is 4.79 Å². The van der Waals surface area contributed by atoms with Crippen LogP contribution >= 0.6 is 11.3 Å².